The first-order valence-corrected chi connectivity index (χ1v) is 7.98. The molecule has 7 heteroatoms. The molecule has 0 saturated carbocycles. The summed E-state index contributed by atoms with van der Waals surface area (Å²) in [6, 6.07) is 9.13. The zero-order valence-electron chi connectivity index (χ0n) is 14.9. The topological polar surface area (TPSA) is 93.3 Å². The number of hydrogen-bond donors (Lipinski definition) is 2. The van der Waals surface area contributed by atoms with Crippen LogP contribution < -0.4 is 10.9 Å². The fraction of sp³-hybridized carbons (Fsp3) is 0.389. The van der Waals surface area contributed by atoms with Crippen molar-refractivity contribution in [2.45, 2.75) is 33.6 Å². The summed E-state index contributed by atoms with van der Waals surface area (Å²) in [5.41, 5.74) is 0.512. The van der Waals surface area contributed by atoms with Crippen molar-refractivity contribution < 1.29 is 14.7 Å². The van der Waals surface area contributed by atoms with Crippen LogP contribution in [0.2, 0.25) is 0 Å². The van der Waals surface area contributed by atoms with Crippen LogP contribution in [0.3, 0.4) is 0 Å². The number of nitrogens with one attached hydrogen (secondary N) is 1. The van der Waals surface area contributed by atoms with Gasteiger partial charge < -0.3 is 10.4 Å². The summed E-state index contributed by atoms with van der Waals surface area (Å²) in [5.74, 6) is -1.34. The van der Waals surface area contributed by atoms with Gasteiger partial charge in [-0.1, -0.05) is 32.0 Å². The van der Waals surface area contributed by atoms with E-state index in [0.717, 1.165) is 0 Å². The lowest BCUT2D eigenvalue weighted by Crippen LogP contribution is -2.27. The molecule has 0 fully saturated rings. The smallest absolute Gasteiger partial charge is 0.303 e. The Morgan fingerprint density at radius 1 is 1.16 bits per heavy atom. The summed E-state index contributed by atoms with van der Waals surface area (Å²) in [4.78, 5) is 35.9. The SMILES string of the molecule is Cc1c(NC(=O)CC(C)(C)CC(=O)O)c(=O)n(-c2ccccc2)n1C. The third-order valence-corrected chi connectivity index (χ3v) is 4.09. The van der Waals surface area contributed by atoms with Gasteiger partial charge in [0.25, 0.3) is 5.56 Å². The van der Waals surface area contributed by atoms with Crippen LogP contribution in [0.1, 0.15) is 32.4 Å². The minimum absolute atomic E-state index is 0.0123. The largest absolute Gasteiger partial charge is 0.481 e. The summed E-state index contributed by atoms with van der Waals surface area (Å²) in [6.07, 6.45) is -0.110. The Hall–Kier alpha value is -2.83. The number of carbonyl (C=O) groups excluding carboxylic acids is 1. The zero-order chi connectivity index (χ0) is 18.8. The maximum atomic E-state index is 12.7. The van der Waals surface area contributed by atoms with E-state index in [1.165, 1.54) is 4.68 Å². The lowest BCUT2D eigenvalue weighted by atomic mass is 9.85. The first-order valence-electron chi connectivity index (χ1n) is 7.98. The molecule has 1 aromatic carbocycles. The van der Waals surface area contributed by atoms with E-state index < -0.39 is 11.4 Å². The molecule has 2 N–H and O–H groups in total. The molecule has 0 atom stereocenters. The average Bonchev–Trinajstić information content (AvgIpc) is 2.70. The van der Waals surface area contributed by atoms with Crippen LogP contribution >= 0.6 is 0 Å². The van der Waals surface area contributed by atoms with Gasteiger partial charge in [0.1, 0.15) is 5.69 Å². The predicted octanol–water partition coefficient (Wildman–Crippen LogP) is 2.31. The van der Waals surface area contributed by atoms with Crippen molar-refractivity contribution in [3.05, 3.63) is 46.4 Å². The number of anilines is 1. The molecule has 134 valence electrons. The number of aliphatic carboxylic acids is 1. The van der Waals surface area contributed by atoms with Crippen LogP contribution in [0.5, 0.6) is 0 Å². The van der Waals surface area contributed by atoms with Gasteiger partial charge in [-0.2, -0.15) is 0 Å². The molecular weight excluding hydrogens is 322 g/mol. The highest BCUT2D eigenvalue weighted by molar-refractivity contribution is 5.91. The van der Waals surface area contributed by atoms with Crippen LogP contribution in [-0.4, -0.2) is 26.3 Å². The van der Waals surface area contributed by atoms with E-state index in [9.17, 15) is 14.4 Å². The molecule has 25 heavy (non-hydrogen) atoms. The highest BCUT2D eigenvalue weighted by atomic mass is 16.4. The summed E-state index contributed by atoms with van der Waals surface area (Å²) >= 11 is 0. The lowest BCUT2D eigenvalue weighted by molar-refractivity contribution is -0.139. The number of nitrogens with zero attached hydrogens (tertiary/aromatic N) is 2. The van der Waals surface area contributed by atoms with Crippen LogP contribution in [0.15, 0.2) is 35.1 Å². The van der Waals surface area contributed by atoms with Gasteiger partial charge in [0.2, 0.25) is 5.91 Å². The first-order chi connectivity index (χ1) is 11.6. The minimum atomic E-state index is -0.958. The van der Waals surface area contributed by atoms with Gasteiger partial charge in [-0.25, -0.2) is 4.68 Å². The van der Waals surface area contributed by atoms with Gasteiger partial charge in [0.05, 0.1) is 17.8 Å². The molecule has 7 nitrogen and oxygen atoms in total. The second-order valence-electron chi connectivity index (χ2n) is 6.90. The molecule has 0 aliphatic rings. The molecule has 0 unspecified atom stereocenters. The van der Waals surface area contributed by atoms with Crippen molar-refractivity contribution in [2.24, 2.45) is 12.5 Å². The van der Waals surface area contributed by atoms with Crippen LogP contribution in [0.25, 0.3) is 5.69 Å². The van der Waals surface area contributed by atoms with Crippen molar-refractivity contribution in [3.63, 3.8) is 0 Å². The van der Waals surface area contributed by atoms with E-state index in [1.54, 1.807) is 32.5 Å². The van der Waals surface area contributed by atoms with Crippen LogP contribution in [0, 0.1) is 12.3 Å². The van der Waals surface area contributed by atoms with Gasteiger partial charge in [-0.15, -0.1) is 0 Å². The van der Waals surface area contributed by atoms with Gasteiger partial charge in [0.15, 0.2) is 0 Å². The Morgan fingerprint density at radius 2 is 1.76 bits per heavy atom. The van der Waals surface area contributed by atoms with E-state index in [1.807, 2.05) is 30.3 Å². The third kappa shape index (κ3) is 4.17. The number of carboxylic acids is 1. The van der Waals surface area contributed by atoms with E-state index >= 15 is 0 Å². The number of carboxylic acid groups (broad SMARTS) is 1. The molecular formula is C18H23N3O4. The molecule has 0 aliphatic carbocycles. The second kappa shape index (κ2) is 6.96. The quantitative estimate of drug-likeness (QED) is 0.840. The second-order valence-corrected chi connectivity index (χ2v) is 6.90. The molecule has 0 spiro atoms. The number of amides is 1. The average molecular weight is 345 g/mol. The molecule has 2 rings (SSSR count). The summed E-state index contributed by atoms with van der Waals surface area (Å²) in [6.45, 7) is 5.17. The number of benzene rings is 1. The highest BCUT2D eigenvalue weighted by Gasteiger charge is 2.26. The maximum Gasteiger partial charge on any atom is 0.303 e. The van der Waals surface area contributed by atoms with Crippen molar-refractivity contribution in [1.29, 1.82) is 0 Å². The van der Waals surface area contributed by atoms with E-state index in [0.29, 0.717) is 11.4 Å². The van der Waals surface area contributed by atoms with Crippen molar-refractivity contribution in [2.75, 3.05) is 5.32 Å². The summed E-state index contributed by atoms with van der Waals surface area (Å²) in [5, 5.41) is 11.6. The van der Waals surface area contributed by atoms with Gasteiger partial charge in [-0.3, -0.25) is 19.1 Å². The molecule has 0 aliphatic heterocycles. The number of aromatic nitrogens is 2. The zero-order valence-corrected chi connectivity index (χ0v) is 14.9. The fourth-order valence-electron chi connectivity index (χ4n) is 2.80. The van der Waals surface area contributed by atoms with E-state index in [2.05, 4.69) is 5.32 Å². The third-order valence-electron chi connectivity index (χ3n) is 4.09. The molecule has 1 aromatic heterocycles. The number of rotatable bonds is 6. The monoisotopic (exact) mass is 345 g/mol. The van der Waals surface area contributed by atoms with Crippen LogP contribution in [-0.2, 0) is 16.6 Å². The number of para-hydroxylation sites is 1. The molecule has 0 bridgehead atoms. The number of carbonyl (C=O) groups is 2. The highest BCUT2D eigenvalue weighted by Crippen LogP contribution is 2.25. The maximum absolute atomic E-state index is 12.7. The molecule has 1 heterocycles. The van der Waals surface area contributed by atoms with Gasteiger partial charge in [-0.05, 0) is 24.5 Å². The molecule has 0 saturated heterocycles. The molecule has 2 aromatic rings. The Labute approximate surface area is 145 Å². The van der Waals surface area contributed by atoms with Crippen molar-refractivity contribution in [3.8, 4) is 5.69 Å². The minimum Gasteiger partial charge on any atom is -0.481 e. The van der Waals surface area contributed by atoms with Crippen LogP contribution in [0.4, 0.5) is 5.69 Å². The fourth-order valence-corrected chi connectivity index (χ4v) is 2.80. The van der Waals surface area contributed by atoms with Gasteiger partial charge in [0, 0.05) is 13.5 Å². The lowest BCUT2D eigenvalue weighted by Gasteiger charge is -2.21. The van der Waals surface area contributed by atoms with Crippen molar-refractivity contribution in [1.82, 2.24) is 9.36 Å². The Kier molecular flexibility index (Phi) is 5.15. The normalized spacial score (nSPS) is 11.4. The molecule has 1 amide bonds. The standard InChI is InChI=1S/C18H23N3O4/c1-12-16(19-14(22)10-18(2,3)11-15(23)24)17(25)21(20(12)4)13-8-6-5-7-9-13/h5-9H,10-11H2,1-4H3,(H,19,22)(H,23,24). The Balaban J connectivity index is 2.28. The Morgan fingerprint density at radius 3 is 2.32 bits per heavy atom. The first kappa shape index (κ1) is 18.5. The van der Waals surface area contributed by atoms with E-state index in [4.69, 9.17) is 5.11 Å². The van der Waals surface area contributed by atoms with E-state index in [-0.39, 0.29) is 30.0 Å². The van der Waals surface area contributed by atoms with Crippen molar-refractivity contribution >= 4 is 17.6 Å². The van der Waals surface area contributed by atoms with Gasteiger partial charge >= 0.3 is 5.97 Å². The Bertz CT molecular complexity index is 847. The summed E-state index contributed by atoms with van der Waals surface area (Å²) < 4.78 is 3.16. The number of hydrogen-bond acceptors (Lipinski definition) is 3. The summed E-state index contributed by atoms with van der Waals surface area (Å²) in [7, 11) is 1.74. The predicted molar refractivity (Wildman–Crippen MR) is 95.0 cm³/mol. The molecule has 0 radical (unpaired) electrons.